The van der Waals surface area contributed by atoms with E-state index in [0.29, 0.717) is 6.54 Å². The van der Waals surface area contributed by atoms with Crippen molar-refractivity contribution in [2.75, 3.05) is 27.2 Å². The zero-order valence-electron chi connectivity index (χ0n) is 12.8. The number of nitrogens with zero attached hydrogens (tertiary/aromatic N) is 1. The van der Waals surface area contributed by atoms with Crippen molar-refractivity contribution in [3.8, 4) is 0 Å². The Kier molecular flexibility index (Phi) is 4.96. The lowest BCUT2D eigenvalue weighted by molar-refractivity contribution is -0.145. The smallest absolute Gasteiger partial charge is 0.310 e. The number of carbonyl (C=O) groups is 2. The number of carbonyl (C=O) groups excluding carboxylic acids is 2. The number of hydrogen-bond donors (Lipinski definition) is 1. The quantitative estimate of drug-likeness (QED) is 0.847. The number of ether oxygens (including phenoxy) is 1. The molecule has 5 heteroatoms. The summed E-state index contributed by atoms with van der Waals surface area (Å²) >= 11 is 0. The third kappa shape index (κ3) is 3.42. The van der Waals surface area contributed by atoms with Crippen LogP contribution in [0.1, 0.15) is 28.4 Å². The van der Waals surface area contributed by atoms with Gasteiger partial charge in [-0.25, -0.2) is 0 Å². The van der Waals surface area contributed by atoms with Crippen LogP contribution in [-0.2, 0) is 22.5 Å². The van der Waals surface area contributed by atoms with Crippen molar-refractivity contribution in [3.05, 3.63) is 34.9 Å². The number of nitrogens with one attached hydrogen (secondary N) is 1. The number of methoxy groups -OCH3 is 1. The van der Waals surface area contributed by atoms with Crippen LogP contribution in [-0.4, -0.2) is 44.0 Å². The molecule has 0 saturated carbocycles. The van der Waals surface area contributed by atoms with Crippen molar-refractivity contribution in [1.29, 1.82) is 0 Å². The van der Waals surface area contributed by atoms with Crippen molar-refractivity contribution < 1.29 is 14.3 Å². The van der Waals surface area contributed by atoms with Crippen LogP contribution in [0, 0.1) is 5.92 Å². The first kappa shape index (κ1) is 15.5. The van der Waals surface area contributed by atoms with E-state index in [4.69, 9.17) is 4.74 Å². The van der Waals surface area contributed by atoms with E-state index in [2.05, 4.69) is 11.4 Å². The molecule has 2 rings (SSSR count). The van der Waals surface area contributed by atoms with Gasteiger partial charge in [0.05, 0.1) is 13.0 Å². The summed E-state index contributed by atoms with van der Waals surface area (Å²) in [4.78, 5) is 25.7. The summed E-state index contributed by atoms with van der Waals surface area (Å²) in [5, 5.41) is 3.30. The van der Waals surface area contributed by atoms with Gasteiger partial charge in [0.25, 0.3) is 5.91 Å². The van der Waals surface area contributed by atoms with Gasteiger partial charge in [0.1, 0.15) is 0 Å². The number of esters is 1. The summed E-state index contributed by atoms with van der Waals surface area (Å²) < 4.78 is 4.70. The van der Waals surface area contributed by atoms with Crippen LogP contribution in [0.3, 0.4) is 0 Å². The van der Waals surface area contributed by atoms with Gasteiger partial charge < -0.3 is 15.0 Å². The molecule has 1 unspecified atom stereocenters. The Hall–Kier alpha value is -1.88. The molecule has 1 heterocycles. The minimum Gasteiger partial charge on any atom is -0.469 e. The van der Waals surface area contributed by atoms with E-state index in [1.54, 1.807) is 18.9 Å². The Balaban J connectivity index is 2.14. The van der Waals surface area contributed by atoms with Crippen molar-refractivity contribution in [2.24, 2.45) is 5.92 Å². The average molecular weight is 290 g/mol. The molecule has 1 atom stereocenters. The lowest BCUT2D eigenvalue weighted by Crippen LogP contribution is -2.35. The van der Waals surface area contributed by atoms with Crippen LogP contribution < -0.4 is 5.32 Å². The second kappa shape index (κ2) is 6.72. The molecule has 0 bridgehead atoms. The second-order valence-corrected chi connectivity index (χ2v) is 5.48. The maximum absolute atomic E-state index is 12.6. The zero-order chi connectivity index (χ0) is 15.4. The molecule has 0 fully saturated rings. The normalized spacial score (nSPS) is 15.0. The molecule has 1 aliphatic rings. The van der Waals surface area contributed by atoms with E-state index < -0.39 is 0 Å². The first-order valence-corrected chi connectivity index (χ1v) is 7.19. The molecule has 0 saturated heterocycles. The molecule has 1 aromatic carbocycles. The minimum absolute atomic E-state index is 0.0375. The van der Waals surface area contributed by atoms with E-state index >= 15 is 0 Å². The highest BCUT2D eigenvalue weighted by Gasteiger charge is 2.23. The minimum atomic E-state index is -0.329. The molecular weight excluding hydrogens is 268 g/mol. The van der Waals surface area contributed by atoms with E-state index in [9.17, 15) is 9.59 Å². The average Bonchev–Trinajstić information content (AvgIpc) is 2.52. The molecule has 1 amide bonds. The van der Waals surface area contributed by atoms with Gasteiger partial charge in [0.2, 0.25) is 0 Å². The monoisotopic (exact) mass is 290 g/mol. The standard InChI is InChI=1S/C16H22N2O3/c1-11(16(20)21-3)10-18(2)15(19)14-6-4-5-12-9-17-8-7-13(12)14/h4-6,11,17H,7-10H2,1-3H3. The molecular formula is C16H22N2O3. The van der Waals surface area contributed by atoms with Crippen LogP contribution >= 0.6 is 0 Å². The Labute approximate surface area is 125 Å². The molecule has 0 aromatic heterocycles. The lowest BCUT2D eigenvalue weighted by atomic mass is 9.94. The van der Waals surface area contributed by atoms with E-state index in [-0.39, 0.29) is 17.8 Å². The van der Waals surface area contributed by atoms with Crippen molar-refractivity contribution in [3.63, 3.8) is 0 Å². The maximum Gasteiger partial charge on any atom is 0.310 e. The molecule has 5 nitrogen and oxygen atoms in total. The third-order valence-corrected chi connectivity index (χ3v) is 3.87. The Bertz CT molecular complexity index is 542. The predicted octanol–water partition coefficient (Wildman–Crippen LogP) is 1.21. The Morgan fingerprint density at radius 1 is 1.43 bits per heavy atom. The molecule has 0 aliphatic carbocycles. The maximum atomic E-state index is 12.6. The first-order chi connectivity index (χ1) is 10.0. The lowest BCUT2D eigenvalue weighted by Gasteiger charge is -2.24. The molecule has 1 N–H and O–H groups in total. The number of rotatable bonds is 4. The molecule has 114 valence electrons. The Morgan fingerprint density at radius 2 is 2.19 bits per heavy atom. The molecule has 0 spiro atoms. The van der Waals surface area contributed by atoms with Gasteiger partial charge in [-0.1, -0.05) is 19.1 Å². The van der Waals surface area contributed by atoms with Crippen LogP contribution in [0.4, 0.5) is 0 Å². The highest BCUT2D eigenvalue weighted by atomic mass is 16.5. The number of benzene rings is 1. The van der Waals surface area contributed by atoms with Crippen molar-refractivity contribution in [1.82, 2.24) is 10.2 Å². The first-order valence-electron chi connectivity index (χ1n) is 7.19. The zero-order valence-corrected chi connectivity index (χ0v) is 12.8. The third-order valence-electron chi connectivity index (χ3n) is 3.87. The van der Waals surface area contributed by atoms with Crippen LogP contribution in [0.5, 0.6) is 0 Å². The van der Waals surface area contributed by atoms with Gasteiger partial charge in [0, 0.05) is 25.7 Å². The number of hydrogen-bond acceptors (Lipinski definition) is 4. The fourth-order valence-corrected chi connectivity index (χ4v) is 2.71. The van der Waals surface area contributed by atoms with Gasteiger partial charge in [-0.05, 0) is 30.2 Å². The SMILES string of the molecule is COC(=O)C(C)CN(C)C(=O)c1cccc2c1CCNC2. The van der Waals surface area contributed by atoms with Gasteiger partial charge in [-0.15, -0.1) is 0 Å². The van der Waals surface area contributed by atoms with Crippen molar-refractivity contribution >= 4 is 11.9 Å². The van der Waals surface area contributed by atoms with E-state index in [1.165, 1.54) is 12.7 Å². The topological polar surface area (TPSA) is 58.6 Å². The summed E-state index contributed by atoms with van der Waals surface area (Å²) in [5.41, 5.74) is 3.05. The van der Waals surface area contributed by atoms with Gasteiger partial charge in [0.15, 0.2) is 0 Å². The van der Waals surface area contributed by atoms with Gasteiger partial charge in [-0.3, -0.25) is 9.59 Å². The Morgan fingerprint density at radius 3 is 2.90 bits per heavy atom. The van der Waals surface area contributed by atoms with E-state index in [1.807, 2.05) is 12.1 Å². The molecule has 1 aromatic rings. The van der Waals surface area contributed by atoms with Crippen LogP contribution in [0.25, 0.3) is 0 Å². The highest BCUT2D eigenvalue weighted by Crippen LogP contribution is 2.20. The number of amides is 1. The summed E-state index contributed by atoms with van der Waals surface area (Å²) in [6.45, 7) is 3.81. The summed E-state index contributed by atoms with van der Waals surface area (Å²) in [6, 6.07) is 5.83. The second-order valence-electron chi connectivity index (χ2n) is 5.48. The highest BCUT2D eigenvalue weighted by molar-refractivity contribution is 5.96. The van der Waals surface area contributed by atoms with Crippen molar-refractivity contribution in [2.45, 2.75) is 19.9 Å². The summed E-state index contributed by atoms with van der Waals surface area (Å²) in [6.07, 6.45) is 0.859. The molecule has 21 heavy (non-hydrogen) atoms. The largest absolute Gasteiger partial charge is 0.469 e. The fourth-order valence-electron chi connectivity index (χ4n) is 2.71. The van der Waals surface area contributed by atoms with Gasteiger partial charge >= 0.3 is 5.97 Å². The van der Waals surface area contributed by atoms with Gasteiger partial charge in [-0.2, -0.15) is 0 Å². The molecule has 1 aliphatic heterocycles. The fraction of sp³-hybridized carbons (Fsp3) is 0.500. The van der Waals surface area contributed by atoms with E-state index in [0.717, 1.165) is 30.6 Å². The van der Waals surface area contributed by atoms with Crippen LogP contribution in [0.2, 0.25) is 0 Å². The molecule has 0 radical (unpaired) electrons. The number of fused-ring (bicyclic) bond motifs is 1. The predicted molar refractivity (Wildman–Crippen MR) is 80.0 cm³/mol. The summed E-state index contributed by atoms with van der Waals surface area (Å²) in [5.74, 6) is -0.663. The summed E-state index contributed by atoms with van der Waals surface area (Å²) in [7, 11) is 3.09. The van der Waals surface area contributed by atoms with Crippen LogP contribution in [0.15, 0.2) is 18.2 Å².